The topological polar surface area (TPSA) is 38.3 Å². The molecule has 1 heterocycles. The molecule has 3 nitrogen and oxygen atoms in total. The average Bonchev–Trinajstić information content (AvgIpc) is 2.93. The van der Waals surface area contributed by atoms with Gasteiger partial charge in [-0.1, -0.05) is 15.9 Å². The Morgan fingerprint density at radius 3 is 2.81 bits per heavy atom. The van der Waals surface area contributed by atoms with Gasteiger partial charge in [0.2, 0.25) is 0 Å². The number of benzene rings is 2. The van der Waals surface area contributed by atoms with Crippen molar-refractivity contribution in [1.82, 2.24) is 5.32 Å². The van der Waals surface area contributed by atoms with Crippen LogP contribution in [0.1, 0.15) is 21.5 Å². The van der Waals surface area contributed by atoms with Gasteiger partial charge in [-0.25, -0.2) is 0 Å². The number of hydrogen-bond acceptors (Lipinski definition) is 2. The van der Waals surface area contributed by atoms with Crippen molar-refractivity contribution in [3.8, 4) is 5.75 Å². The van der Waals surface area contributed by atoms with Crippen LogP contribution >= 0.6 is 38.5 Å². The number of hydrogen-bond donors (Lipinski definition) is 1. The lowest BCUT2D eigenvalue weighted by molar-refractivity contribution is 0.0950. The summed E-state index contributed by atoms with van der Waals surface area (Å²) in [6.07, 6.45) is 0.923. The number of halogens is 2. The van der Waals surface area contributed by atoms with Gasteiger partial charge in [-0.15, -0.1) is 0 Å². The molecule has 1 N–H and O–H groups in total. The molecule has 0 radical (unpaired) electrons. The maximum absolute atomic E-state index is 12.1. The highest BCUT2D eigenvalue weighted by Gasteiger charge is 2.18. The van der Waals surface area contributed by atoms with E-state index >= 15 is 0 Å². The van der Waals surface area contributed by atoms with E-state index in [1.165, 1.54) is 5.56 Å². The van der Waals surface area contributed by atoms with E-state index in [4.69, 9.17) is 4.74 Å². The van der Waals surface area contributed by atoms with Crippen molar-refractivity contribution in [3.63, 3.8) is 0 Å². The Hall–Kier alpha value is -1.08. The Morgan fingerprint density at radius 2 is 2.05 bits per heavy atom. The molecule has 1 aliphatic heterocycles. The SMILES string of the molecule is O=C(NCc1cc(Br)cc2c1OCC2)c1ccc(I)cc1. The minimum atomic E-state index is -0.0712. The molecule has 2 aromatic rings. The fourth-order valence-corrected chi connectivity index (χ4v) is 3.27. The van der Waals surface area contributed by atoms with Gasteiger partial charge in [-0.3, -0.25) is 4.79 Å². The summed E-state index contributed by atoms with van der Waals surface area (Å²) in [6, 6.07) is 11.6. The molecular weight excluding hydrogens is 445 g/mol. The molecule has 0 aliphatic carbocycles. The first-order valence-electron chi connectivity index (χ1n) is 6.61. The minimum Gasteiger partial charge on any atom is -0.493 e. The number of carbonyl (C=O) groups excluding carboxylic acids is 1. The highest BCUT2D eigenvalue weighted by Crippen LogP contribution is 2.32. The third-order valence-electron chi connectivity index (χ3n) is 3.37. The van der Waals surface area contributed by atoms with Crippen LogP contribution in [0.15, 0.2) is 40.9 Å². The lowest BCUT2D eigenvalue weighted by atomic mass is 10.1. The van der Waals surface area contributed by atoms with Gasteiger partial charge in [0.1, 0.15) is 5.75 Å². The minimum absolute atomic E-state index is 0.0712. The summed E-state index contributed by atoms with van der Waals surface area (Å²) in [5.41, 5.74) is 2.88. The summed E-state index contributed by atoms with van der Waals surface area (Å²) in [5.74, 6) is 0.847. The highest BCUT2D eigenvalue weighted by molar-refractivity contribution is 14.1. The van der Waals surface area contributed by atoms with Crippen LogP contribution in [0.25, 0.3) is 0 Å². The van der Waals surface area contributed by atoms with E-state index in [9.17, 15) is 4.79 Å². The molecule has 2 aromatic carbocycles. The third-order valence-corrected chi connectivity index (χ3v) is 4.55. The Bertz CT molecular complexity index is 685. The second-order valence-corrected chi connectivity index (χ2v) is 7.00. The zero-order valence-electron chi connectivity index (χ0n) is 11.2. The molecule has 1 amide bonds. The molecule has 0 saturated carbocycles. The van der Waals surface area contributed by atoms with Crippen molar-refractivity contribution in [2.75, 3.05) is 6.61 Å². The molecule has 0 fully saturated rings. The lowest BCUT2D eigenvalue weighted by Gasteiger charge is -2.10. The van der Waals surface area contributed by atoms with Gasteiger partial charge in [-0.05, 0) is 64.6 Å². The van der Waals surface area contributed by atoms with Gasteiger partial charge in [0.25, 0.3) is 5.91 Å². The quantitative estimate of drug-likeness (QED) is 0.709. The predicted octanol–water partition coefficient (Wildman–Crippen LogP) is 3.92. The molecule has 0 saturated heterocycles. The van der Waals surface area contributed by atoms with Crippen molar-refractivity contribution in [3.05, 3.63) is 61.1 Å². The number of ether oxygens (including phenoxy) is 1. The Balaban J connectivity index is 1.73. The van der Waals surface area contributed by atoms with Crippen LogP contribution in [-0.2, 0) is 13.0 Å². The third kappa shape index (κ3) is 3.40. The summed E-state index contributed by atoms with van der Waals surface area (Å²) in [5, 5.41) is 2.95. The van der Waals surface area contributed by atoms with Crippen LogP contribution in [0.4, 0.5) is 0 Å². The second-order valence-electron chi connectivity index (χ2n) is 4.84. The van der Waals surface area contributed by atoms with E-state index in [2.05, 4.69) is 49.9 Å². The molecule has 1 aliphatic rings. The Labute approximate surface area is 145 Å². The van der Waals surface area contributed by atoms with Crippen molar-refractivity contribution in [2.45, 2.75) is 13.0 Å². The summed E-state index contributed by atoms with van der Waals surface area (Å²) in [6.45, 7) is 1.18. The van der Waals surface area contributed by atoms with Crippen LogP contribution in [0.3, 0.4) is 0 Å². The number of fused-ring (bicyclic) bond motifs is 1. The summed E-state index contributed by atoms with van der Waals surface area (Å²) < 4.78 is 7.80. The molecule has 0 aromatic heterocycles. The second kappa shape index (κ2) is 6.36. The zero-order chi connectivity index (χ0) is 14.8. The van der Waals surface area contributed by atoms with Crippen LogP contribution in [0.2, 0.25) is 0 Å². The monoisotopic (exact) mass is 457 g/mol. The molecule has 0 bridgehead atoms. The normalized spacial score (nSPS) is 12.7. The number of amides is 1. The van der Waals surface area contributed by atoms with Gasteiger partial charge >= 0.3 is 0 Å². The van der Waals surface area contributed by atoms with E-state index in [0.717, 1.165) is 25.8 Å². The van der Waals surface area contributed by atoms with Crippen molar-refractivity contribution < 1.29 is 9.53 Å². The molecule has 3 rings (SSSR count). The first kappa shape index (κ1) is 14.8. The molecule has 0 atom stereocenters. The van der Waals surface area contributed by atoms with Gasteiger partial charge in [0.05, 0.1) is 6.61 Å². The van der Waals surface area contributed by atoms with Crippen molar-refractivity contribution >= 4 is 44.4 Å². The van der Waals surface area contributed by atoms with Gasteiger partial charge in [-0.2, -0.15) is 0 Å². The molecule has 0 unspecified atom stereocenters. The molecular formula is C16H13BrINO2. The highest BCUT2D eigenvalue weighted by atomic mass is 127. The standard InChI is InChI=1S/C16H13BrINO2/c17-13-7-11-5-6-21-15(11)12(8-13)9-19-16(20)10-1-3-14(18)4-2-10/h1-4,7-8H,5-6,9H2,(H,19,20). The van der Waals surface area contributed by atoms with E-state index in [0.29, 0.717) is 18.7 Å². The Morgan fingerprint density at radius 1 is 1.29 bits per heavy atom. The molecule has 21 heavy (non-hydrogen) atoms. The lowest BCUT2D eigenvalue weighted by Crippen LogP contribution is -2.23. The van der Waals surface area contributed by atoms with E-state index in [1.807, 2.05) is 30.3 Å². The fourth-order valence-electron chi connectivity index (χ4n) is 2.36. The number of carbonyl (C=O) groups is 1. The number of nitrogens with one attached hydrogen (secondary N) is 1. The predicted molar refractivity (Wildman–Crippen MR) is 93.7 cm³/mol. The summed E-state index contributed by atoms with van der Waals surface area (Å²) in [7, 11) is 0. The molecule has 0 spiro atoms. The van der Waals surface area contributed by atoms with E-state index in [1.54, 1.807) is 0 Å². The van der Waals surface area contributed by atoms with Crippen LogP contribution in [0, 0.1) is 3.57 Å². The Kier molecular flexibility index (Phi) is 4.49. The maximum Gasteiger partial charge on any atom is 0.251 e. The van der Waals surface area contributed by atoms with Crippen LogP contribution in [-0.4, -0.2) is 12.5 Å². The van der Waals surface area contributed by atoms with Crippen molar-refractivity contribution in [1.29, 1.82) is 0 Å². The van der Waals surface area contributed by atoms with Gasteiger partial charge in [0.15, 0.2) is 0 Å². The number of rotatable bonds is 3. The smallest absolute Gasteiger partial charge is 0.251 e. The van der Waals surface area contributed by atoms with Crippen molar-refractivity contribution in [2.24, 2.45) is 0 Å². The molecule has 108 valence electrons. The van der Waals surface area contributed by atoms with E-state index in [-0.39, 0.29) is 5.91 Å². The van der Waals surface area contributed by atoms with Crippen LogP contribution in [0.5, 0.6) is 5.75 Å². The average molecular weight is 458 g/mol. The first-order chi connectivity index (χ1) is 10.1. The zero-order valence-corrected chi connectivity index (χ0v) is 14.9. The van der Waals surface area contributed by atoms with E-state index < -0.39 is 0 Å². The summed E-state index contributed by atoms with van der Waals surface area (Å²) in [4.78, 5) is 12.1. The first-order valence-corrected chi connectivity index (χ1v) is 8.48. The largest absolute Gasteiger partial charge is 0.493 e. The maximum atomic E-state index is 12.1. The van der Waals surface area contributed by atoms with Crippen LogP contribution < -0.4 is 10.1 Å². The van der Waals surface area contributed by atoms with Gasteiger partial charge in [0, 0.05) is 32.1 Å². The molecule has 5 heteroatoms. The fraction of sp³-hybridized carbons (Fsp3) is 0.188. The summed E-state index contributed by atoms with van der Waals surface area (Å²) >= 11 is 5.73. The van der Waals surface area contributed by atoms with Gasteiger partial charge < -0.3 is 10.1 Å².